The lowest BCUT2D eigenvalue weighted by molar-refractivity contribution is 0.913. The van der Waals surface area contributed by atoms with Gasteiger partial charge in [-0.1, -0.05) is 23.2 Å². The smallest absolute Gasteiger partial charge is 0.158 e. The van der Waals surface area contributed by atoms with Crippen LogP contribution in [0.4, 0.5) is 0 Å². The number of fused-ring (bicyclic) bond motifs is 1. The fourth-order valence-corrected chi connectivity index (χ4v) is 1.98. The molecule has 0 fully saturated rings. The minimum absolute atomic E-state index is 0.498. The Morgan fingerprint density at radius 1 is 1.24 bits per heavy atom. The maximum Gasteiger partial charge on any atom is 0.158 e. The van der Waals surface area contributed by atoms with Gasteiger partial charge in [0.1, 0.15) is 5.69 Å². The van der Waals surface area contributed by atoms with Gasteiger partial charge in [-0.2, -0.15) is 0 Å². The Balaban J connectivity index is 2.19. The molecule has 0 bridgehead atoms. The average Bonchev–Trinajstić information content (AvgIpc) is 2.85. The summed E-state index contributed by atoms with van der Waals surface area (Å²) in [7, 11) is 1.91. The van der Waals surface area contributed by atoms with Crippen molar-refractivity contribution in [1.29, 1.82) is 0 Å². The monoisotopic (exact) mass is 266 g/mol. The second-order valence-corrected chi connectivity index (χ2v) is 4.61. The molecule has 86 valence electrons. The van der Waals surface area contributed by atoms with E-state index < -0.39 is 0 Å². The van der Waals surface area contributed by atoms with Gasteiger partial charge in [0.15, 0.2) is 5.82 Å². The van der Waals surface area contributed by atoms with E-state index in [1.165, 1.54) is 0 Å². The van der Waals surface area contributed by atoms with Crippen molar-refractivity contribution in [1.82, 2.24) is 19.5 Å². The minimum atomic E-state index is 0.498. The van der Waals surface area contributed by atoms with Crippen molar-refractivity contribution in [2.75, 3.05) is 0 Å². The molecule has 6 heteroatoms. The van der Waals surface area contributed by atoms with Crippen molar-refractivity contribution in [2.45, 2.75) is 0 Å². The molecule has 3 aromatic rings. The number of nitrogens with one attached hydrogen (secondary N) is 1. The van der Waals surface area contributed by atoms with Gasteiger partial charge in [0.25, 0.3) is 0 Å². The first-order valence-corrected chi connectivity index (χ1v) is 5.72. The summed E-state index contributed by atoms with van der Waals surface area (Å²) < 4.78 is 1.86. The van der Waals surface area contributed by atoms with Gasteiger partial charge >= 0.3 is 0 Å². The Labute approximate surface area is 107 Å². The first kappa shape index (κ1) is 10.6. The number of nitrogens with zero attached hydrogens (tertiary/aromatic N) is 3. The number of hydrogen-bond acceptors (Lipinski definition) is 2. The second kappa shape index (κ2) is 3.75. The van der Waals surface area contributed by atoms with Gasteiger partial charge in [-0.05, 0) is 12.1 Å². The molecule has 0 aliphatic carbocycles. The highest BCUT2D eigenvalue weighted by Crippen LogP contribution is 2.28. The zero-order chi connectivity index (χ0) is 12.0. The lowest BCUT2D eigenvalue weighted by atomic mass is 10.3. The van der Waals surface area contributed by atoms with E-state index in [2.05, 4.69) is 15.0 Å². The molecule has 0 radical (unpaired) electrons. The van der Waals surface area contributed by atoms with E-state index in [9.17, 15) is 0 Å². The molecule has 2 heterocycles. The Bertz CT molecular complexity index is 660. The molecule has 0 saturated heterocycles. The Kier molecular flexibility index (Phi) is 2.34. The normalized spacial score (nSPS) is 11.2. The zero-order valence-corrected chi connectivity index (χ0v) is 10.4. The minimum Gasteiger partial charge on any atom is -0.340 e. The highest BCUT2D eigenvalue weighted by atomic mass is 35.5. The van der Waals surface area contributed by atoms with Crippen molar-refractivity contribution in [2.24, 2.45) is 7.05 Å². The molecule has 0 saturated carbocycles. The summed E-state index contributed by atoms with van der Waals surface area (Å²) in [6.07, 6.45) is 3.61. The van der Waals surface area contributed by atoms with Gasteiger partial charge in [0.2, 0.25) is 0 Å². The highest BCUT2D eigenvalue weighted by molar-refractivity contribution is 6.42. The van der Waals surface area contributed by atoms with Crippen LogP contribution in [0.1, 0.15) is 0 Å². The van der Waals surface area contributed by atoms with Crippen LogP contribution in [-0.2, 0) is 7.05 Å². The fourth-order valence-electron chi connectivity index (χ4n) is 1.66. The van der Waals surface area contributed by atoms with E-state index in [0.29, 0.717) is 15.9 Å². The lowest BCUT2D eigenvalue weighted by Crippen LogP contribution is -1.80. The first-order valence-electron chi connectivity index (χ1n) is 4.96. The number of aromatic nitrogens is 4. The molecule has 1 aromatic carbocycles. The van der Waals surface area contributed by atoms with Crippen LogP contribution in [0.15, 0.2) is 24.7 Å². The summed E-state index contributed by atoms with van der Waals surface area (Å²) in [4.78, 5) is 11.8. The number of imidazole rings is 2. The molecule has 4 nitrogen and oxygen atoms in total. The van der Waals surface area contributed by atoms with Gasteiger partial charge in [0.05, 0.1) is 27.4 Å². The molecule has 0 aliphatic rings. The number of hydrogen-bond donors (Lipinski definition) is 1. The van der Waals surface area contributed by atoms with Gasteiger partial charge in [-0.15, -0.1) is 0 Å². The first-order chi connectivity index (χ1) is 8.13. The third kappa shape index (κ3) is 1.79. The van der Waals surface area contributed by atoms with E-state index in [0.717, 1.165) is 16.7 Å². The summed E-state index contributed by atoms with van der Waals surface area (Å²) in [5, 5.41) is 1.01. The third-order valence-corrected chi connectivity index (χ3v) is 3.19. The van der Waals surface area contributed by atoms with Crippen LogP contribution in [0.5, 0.6) is 0 Å². The van der Waals surface area contributed by atoms with Crippen LogP contribution >= 0.6 is 23.2 Å². The average molecular weight is 267 g/mol. The van der Waals surface area contributed by atoms with E-state index in [1.807, 2.05) is 17.8 Å². The predicted molar refractivity (Wildman–Crippen MR) is 68.3 cm³/mol. The van der Waals surface area contributed by atoms with E-state index in [4.69, 9.17) is 23.2 Å². The number of aromatic amines is 1. The summed E-state index contributed by atoms with van der Waals surface area (Å²) in [5.74, 6) is 0.707. The fraction of sp³-hybridized carbons (Fsp3) is 0.0909. The number of H-pyrrole nitrogens is 1. The summed E-state index contributed by atoms with van der Waals surface area (Å²) in [6, 6.07) is 3.50. The van der Waals surface area contributed by atoms with E-state index in [1.54, 1.807) is 18.5 Å². The van der Waals surface area contributed by atoms with Crippen molar-refractivity contribution in [3.8, 4) is 11.5 Å². The van der Waals surface area contributed by atoms with Crippen molar-refractivity contribution < 1.29 is 0 Å². The summed E-state index contributed by atoms with van der Waals surface area (Å²) >= 11 is 11.9. The quantitative estimate of drug-likeness (QED) is 0.735. The summed E-state index contributed by atoms with van der Waals surface area (Å²) in [5.41, 5.74) is 2.41. The van der Waals surface area contributed by atoms with Crippen molar-refractivity contribution in [3.05, 3.63) is 34.7 Å². The largest absolute Gasteiger partial charge is 0.340 e. The van der Waals surface area contributed by atoms with Gasteiger partial charge in [-0.3, -0.25) is 0 Å². The Hall–Kier alpha value is -1.52. The molecule has 3 rings (SSSR count). The van der Waals surface area contributed by atoms with Crippen molar-refractivity contribution in [3.63, 3.8) is 0 Å². The van der Waals surface area contributed by atoms with Crippen LogP contribution in [-0.4, -0.2) is 19.5 Å². The molecule has 0 aliphatic heterocycles. The van der Waals surface area contributed by atoms with Gasteiger partial charge in [-0.25, -0.2) is 9.97 Å². The number of benzene rings is 1. The van der Waals surface area contributed by atoms with E-state index in [-0.39, 0.29) is 0 Å². The molecule has 0 unspecified atom stereocenters. The molecular weight excluding hydrogens is 259 g/mol. The van der Waals surface area contributed by atoms with Crippen LogP contribution in [0.3, 0.4) is 0 Å². The lowest BCUT2D eigenvalue weighted by Gasteiger charge is -1.93. The highest BCUT2D eigenvalue weighted by Gasteiger charge is 2.09. The molecule has 2 aromatic heterocycles. The molecule has 0 spiro atoms. The second-order valence-electron chi connectivity index (χ2n) is 3.79. The Morgan fingerprint density at radius 3 is 2.71 bits per heavy atom. The molecule has 17 heavy (non-hydrogen) atoms. The van der Waals surface area contributed by atoms with E-state index >= 15 is 0 Å². The standard InChI is InChI=1S/C11H8Cl2N4/c1-17-4-10(14-5-17)11-15-8-2-6(12)7(13)3-9(8)16-11/h2-5H,1H3,(H,15,16). The molecule has 0 amide bonds. The number of aryl methyl sites for hydroxylation is 1. The van der Waals surface area contributed by atoms with Crippen LogP contribution in [0, 0.1) is 0 Å². The molecule has 1 N–H and O–H groups in total. The SMILES string of the molecule is Cn1cnc(-c2nc3cc(Cl)c(Cl)cc3[nH]2)c1. The number of halogens is 2. The summed E-state index contributed by atoms with van der Waals surface area (Å²) in [6.45, 7) is 0. The molecular formula is C11H8Cl2N4. The van der Waals surface area contributed by atoms with Crippen LogP contribution in [0.25, 0.3) is 22.6 Å². The maximum absolute atomic E-state index is 5.95. The predicted octanol–water partition coefficient (Wildman–Crippen LogP) is 3.27. The van der Waals surface area contributed by atoms with Crippen LogP contribution in [0.2, 0.25) is 10.0 Å². The third-order valence-electron chi connectivity index (χ3n) is 2.47. The van der Waals surface area contributed by atoms with Gasteiger partial charge < -0.3 is 9.55 Å². The zero-order valence-electron chi connectivity index (χ0n) is 8.91. The van der Waals surface area contributed by atoms with Crippen LogP contribution < -0.4 is 0 Å². The van der Waals surface area contributed by atoms with Crippen molar-refractivity contribution >= 4 is 34.2 Å². The van der Waals surface area contributed by atoms with Gasteiger partial charge in [0, 0.05) is 13.2 Å². The maximum atomic E-state index is 5.95. The number of rotatable bonds is 1. The molecule has 0 atom stereocenters. The topological polar surface area (TPSA) is 46.5 Å². The Morgan fingerprint density at radius 2 is 2.00 bits per heavy atom.